The van der Waals surface area contributed by atoms with E-state index < -0.39 is 135 Å². The topological polar surface area (TPSA) is 167 Å². The van der Waals surface area contributed by atoms with Gasteiger partial charge in [-0.3, -0.25) is 19.2 Å². The molecular formula is C62H74ClF9N2O9SSi. The Balaban J connectivity index is 0.000000160. The zero-order chi connectivity index (χ0) is 61.6. The molecule has 0 radical (unpaired) electrons. The molecule has 0 spiro atoms. The number of nitrogens with zero attached hydrogens (tertiary/aromatic N) is 1. The molecule has 2 saturated heterocycles. The number of Topliss-reactive ketones (excluding diaryl/α,β-unsaturated/α-hetero) is 2. The fourth-order valence-electron chi connectivity index (χ4n) is 18.8. The molecule has 0 amide bonds. The maximum Gasteiger partial charge on any atom is 0.534 e. The van der Waals surface area contributed by atoms with Gasteiger partial charge in [0.2, 0.25) is 0 Å². The molecule has 6 saturated carbocycles. The Morgan fingerprint density at radius 3 is 1.65 bits per heavy atom. The lowest BCUT2D eigenvalue weighted by Gasteiger charge is -2.63. The number of para-hydroxylation sites is 2. The fourth-order valence-corrected chi connectivity index (χ4v) is 20.9. The van der Waals surface area contributed by atoms with Crippen LogP contribution >= 0.6 is 12.4 Å². The molecule has 8 fully saturated rings. The summed E-state index contributed by atoms with van der Waals surface area (Å²) in [5.74, 6) is -4.81. The Kier molecular flexibility index (Phi) is 16.5. The predicted molar refractivity (Wildman–Crippen MR) is 306 cm³/mol. The van der Waals surface area contributed by atoms with Crippen LogP contribution in [0.2, 0.25) is 19.6 Å². The lowest BCUT2D eigenvalue weighted by molar-refractivity contribution is -0.210. The van der Waals surface area contributed by atoms with E-state index in [2.05, 4.69) is 14.4 Å². The number of halogens is 10. The number of hydrogen-bond donors (Lipinski definition) is 3. The van der Waals surface area contributed by atoms with E-state index in [4.69, 9.17) is 0 Å². The molecule has 10 aliphatic rings. The number of aliphatic hydroxyl groups excluding tert-OH is 2. The van der Waals surface area contributed by atoms with Crippen molar-refractivity contribution in [3.63, 3.8) is 0 Å². The molecule has 12 rings (SSSR count). The lowest BCUT2D eigenvalue weighted by atomic mass is 9.43. The lowest BCUT2D eigenvalue weighted by Crippen LogP contribution is -2.69. The van der Waals surface area contributed by atoms with Crippen LogP contribution < -0.4 is 19.6 Å². The highest BCUT2D eigenvalue weighted by Crippen LogP contribution is 2.76. The molecule has 0 aromatic heterocycles. The number of anilines is 1. The summed E-state index contributed by atoms with van der Waals surface area (Å²) in [6, 6.07) is 15.5. The largest absolute Gasteiger partial charge is 0.534 e. The number of hydrogen-bond acceptors (Lipinski definition) is 11. The summed E-state index contributed by atoms with van der Waals surface area (Å²) < 4.78 is 156. The summed E-state index contributed by atoms with van der Waals surface area (Å²) >= 11 is 0. The highest BCUT2D eigenvalue weighted by Gasteiger charge is 2.80. The molecule has 11 nitrogen and oxygen atoms in total. The quantitative estimate of drug-likeness (QED) is 0.0996. The molecule has 466 valence electrons. The van der Waals surface area contributed by atoms with Crippen molar-refractivity contribution >= 4 is 64.6 Å². The molecule has 2 aromatic rings. The number of nitrogens with one attached hydrogen (secondary N) is 1. The third-order valence-electron chi connectivity index (χ3n) is 22.8. The van der Waals surface area contributed by atoms with Crippen LogP contribution in [0.4, 0.5) is 45.2 Å². The van der Waals surface area contributed by atoms with Gasteiger partial charge in [0.05, 0.1) is 31.1 Å². The third-order valence-corrected chi connectivity index (χ3v) is 25.8. The summed E-state index contributed by atoms with van der Waals surface area (Å²) in [5, 5.41) is 26.5. The summed E-state index contributed by atoms with van der Waals surface area (Å²) in [7, 11) is -7.60. The van der Waals surface area contributed by atoms with Crippen molar-refractivity contribution in [2.24, 2.45) is 68.0 Å². The Morgan fingerprint density at radius 2 is 1.16 bits per heavy atom. The van der Waals surface area contributed by atoms with E-state index in [9.17, 15) is 59.8 Å². The summed E-state index contributed by atoms with van der Waals surface area (Å²) in [4.78, 5) is 52.4. The van der Waals surface area contributed by atoms with Gasteiger partial charge in [0.25, 0.3) is 0 Å². The normalized spacial score (nSPS) is 41.9. The fraction of sp³-hybridized carbons (Fsp3) is 0.613. The maximum absolute atomic E-state index is 17.4. The predicted octanol–water partition coefficient (Wildman–Crippen LogP) is 10.1. The number of allylic oxidation sites excluding steroid dienone is 8. The molecule has 0 unspecified atom stereocenters. The van der Waals surface area contributed by atoms with Crippen LogP contribution in [0.1, 0.15) is 66.2 Å². The first-order valence-electron chi connectivity index (χ1n) is 28.8. The van der Waals surface area contributed by atoms with Crippen LogP contribution in [0.25, 0.3) is 0 Å². The van der Waals surface area contributed by atoms with Gasteiger partial charge in [0, 0.05) is 48.0 Å². The number of ketones is 4. The van der Waals surface area contributed by atoms with Crippen LogP contribution in [0.15, 0.2) is 102 Å². The SMILES string of the molecule is C[C@]12C=CC(=O)C=C1[C@@H](F)C[C@H]1[C@@H]3C[C@H]4CN(c5ccccc5)C[C@@]4(C(=O)CF)[C@@]3(C)C[C@H](O)[C@@]12F.C[C@]12C=CC(=O)C=C1[C@@H](F)C[C@H]1[C@@H]3C[C@H]4CNC[C@@]4(C(=O)CF)[C@@]3(C)C[C@H](O)[C@@]12F.C[Si](C)(C)c1ccccc1OS(=O)(=O)C(F)(F)F.Cl. The van der Waals surface area contributed by atoms with E-state index in [1.165, 1.54) is 48.6 Å². The number of carbonyl (C=O) groups excluding carboxylic acids is 4. The number of aliphatic hydroxyl groups is 2. The molecule has 18 atom stereocenters. The van der Waals surface area contributed by atoms with Gasteiger partial charge in [-0.05, 0) is 152 Å². The van der Waals surface area contributed by atoms with E-state index in [1.807, 2.05) is 63.8 Å². The second-order valence-electron chi connectivity index (χ2n) is 27.2. The first-order chi connectivity index (χ1) is 39.0. The molecule has 85 heavy (non-hydrogen) atoms. The average Bonchev–Trinajstić information content (AvgIpc) is 1.63. The van der Waals surface area contributed by atoms with Gasteiger partial charge >= 0.3 is 15.6 Å². The Labute approximate surface area is 496 Å². The standard InChI is InChI=1S/C29H32F3NO3.C23H28F3NO3.C10H13F3O3SSi.ClH/c1-26-9-8-19(34)11-22(26)23(31)12-21-20-10-17-15-33(18-6-4-3-5-7-18)16-28(17,25(36)14-30)27(20,2)13-24(35)29(21,26)32;1-20-4-3-13(28)6-16(20)17(25)7-15-14-5-12-10-27-11-22(12,19(30)9-24)21(14,2)8-18(29)23(15,20)26;1-18(2,3)9-7-5-4-6-8(9)16-17(14,15)10(11,12)13;/h3-9,11,17,20-21,23-24,35H,10,12-16H2,1-2H3;3-4,6,12,14-15,17-18,27,29H,5,7-11H2,1-2H3;4-7H,1-3H3;1H/t17-,20-,21-,23-,24-,26-,27-,28+,29-;12-,14-,15-,17-,18-,20-,21-,22+,23-;;/m00../s1. The summed E-state index contributed by atoms with van der Waals surface area (Å²) in [6.07, 6.45) is 2.39. The second-order valence-corrected chi connectivity index (χ2v) is 33.8. The third kappa shape index (κ3) is 9.11. The number of carbonyl (C=O) groups is 4. The van der Waals surface area contributed by atoms with Crippen LogP contribution in [-0.4, -0.2) is 131 Å². The van der Waals surface area contributed by atoms with Gasteiger partial charge in [-0.1, -0.05) is 82.0 Å². The minimum Gasteiger partial charge on any atom is -0.390 e. The summed E-state index contributed by atoms with van der Waals surface area (Å²) in [6.45, 7) is 12.0. The summed E-state index contributed by atoms with van der Waals surface area (Å²) in [5.41, 5.74) is -15.4. The highest BCUT2D eigenvalue weighted by molar-refractivity contribution is 7.88. The Hall–Kier alpha value is -4.61. The van der Waals surface area contributed by atoms with Crippen molar-refractivity contribution in [2.45, 2.75) is 127 Å². The smallest absolute Gasteiger partial charge is 0.390 e. The van der Waals surface area contributed by atoms with Crippen molar-refractivity contribution < 1.29 is 81.5 Å². The average molecular weight is 1260 g/mol. The molecule has 3 N–H and O–H groups in total. The van der Waals surface area contributed by atoms with Crippen molar-refractivity contribution in [3.05, 3.63) is 102 Å². The van der Waals surface area contributed by atoms with E-state index >= 15 is 17.6 Å². The molecule has 23 heteroatoms. The van der Waals surface area contributed by atoms with Gasteiger partial charge in [-0.15, -0.1) is 12.4 Å². The van der Waals surface area contributed by atoms with E-state index in [1.54, 1.807) is 26.0 Å². The van der Waals surface area contributed by atoms with Crippen molar-refractivity contribution in [3.8, 4) is 5.75 Å². The minimum atomic E-state index is -5.61. The van der Waals surface area contributed by atoms with Crippen LogP contribution in [0.5, 0.6) is 5.75 Å². The molecule has 2 heterocycles. The minimum absolute atomic E-state index is 0. The number of benzene rings is 2. The van der Waals surface area contributed by atoms with Crippen molar-refractivity contribution in [1.82, 2.24) is 5.32 Å². The monoisotopic (exact) mass is 1260 g/mol. The van der Waals surface area contributed by atoms with Crippen LogP contribution in [-0.2, 0) is 29.3 Å². The second kappa shape index (κ2) is 21.6. The highest BCUT2D eigenvalue weighted by atomic mass is 35.5. The molecular weight excluding hydrogens is 1180 g/mol. The van der Waals surface area contributed by atoms with E-state index in [0.717, 1.165) is 5.69 Å². The first-order valence-corrected chi connectivity index (χ1v) is 33.7. The molecule has 2 aliphatic heterocycles. The van der Waals surface area contributed by atoms with Crippen LogP contribution in [0, 0.1) is 68.0 Å². The van der Waals surface area contributed by atoms with Gasteiger partial charge in [0.1, 0.15) is 31.4 Å². The van der Waals surface area contributed by atoms with Gasteiger partial charge in [-0.2, -0.15) is 21.6 Å². The maximum atomic E-state index is 17.4. The van der Waals surface area contributed by atoms with E-state index in [-0.39, 0.29) is 84.3 Å². The van der Waals surface area contributed by atoms with Crippen molar-refractivity contribution in [2.75, 3.05) is 44.4 Å². The molecule has 0 bridgehead atoms. The van der Waals surface area contributed by atoms with Gasteiger partial charge in [0.15, 0.2) is 34.5 Å². The first kappa shape index (κ1) is 64.8. The Bertz CT molecular complexity index is 3280. The number of fused-ring (bicyclic) bond motifs is 14. The number of rotatable bonds is 8. The Morgan fingerprint density at radius 1 is 0.706 bits per heavy atom. The molecule has 8 aliphatic carbocycles. The zero-order valence-electron chi connectivity index (χ0n) is 48.3. The van der Waals surface area contributed by atoms with Crippen molar-refractivity contribution in [1.29, 1.82) is 0 Å². The van der Waals surface area contributed by atoms with Crippen LogP contribution in [0.3, 0.4) is 0 Å². The van der Waals surface area contributed by atoms with Gasteiger partial charge in [-0.25, -0.2) is 26.3 Å². The number of alkyl halides is 9. The zero-order valence-corrected chi connectivity index (χ0v) is 51.0. The molecule has 2 aromatic carbocycles. The van der Waals surface area contributed by atoms with E-state index in [0.29, 0.717) is 44.2 Å². The van der Waals surface area contributed by atoms with Gasteiger partial charge < -0.3 is 24.6 Å².